The first-order valence-corrected chi connectivity index (χ1v) is 11.6. The van der Waals surface area contributed by atoms with E-state index in [1.165, 1.54) is 0 Å². The molecule has 6 heteroatoms. The summed E-state index contributed by atoms with van der Waals surface area (Å²) in [6.07, 6.45) is 3.73. The summed E-state index contributed by atoms with van der Waals surface area (Å²) < 4.78 is 10.7. The van der Waals surface area contributed by atoms with Crippen molar-refractivity contribution in [3.8, 4) is 11.5 Å². The van der Waals surface area contributed by atoms with Gasteiger partial charge in [0.1, 0.15) is 11.5 Å². The lowest BCUT2D eigenvalue weighted by Gasteiger charge is -2.38. The molecule has 1 spiro atoms. The maximum absolute atomic E-state index is 13.3. The topological polar surface area (TPSA) is 68.0 Å². The van der Waals surface area contributed by atoms with Gasteiger partial charge in [-0.2, -0.15) is 0 Å². The number of carbonyl (C=O) groups is 1. The minimum atomic E-state index is -0.173. The van der Waals surface area contributed by atoms with E-state index in [4.69, 9.17) is 15.2 Å². The maximum Gasteiger partial charge on any atom is 0.229 e. The maximum atomic E-state index is 13.3. The van der Waals surface area contributed by atoms with Crippen molar-refractivity contribution in [2.24, 2.45) is 11.1 Å². The third-order valence-corrected chi connectivity index (χ3v) is 7.24. The van der Waals surface area contributed by atoms with Crippen molar-refractivity contribution in [3.63, 3.8) is 0 Å². The van der Waals surface area contributed by atoms with Gasteiger partial charge in [0.25, 0.3) is 0 Å². The SMILES string of the molecule is COc1ccc(CN2CCC3(CCN(CCC(N)c4ccccc4OC)CC3)C2=O)cc1. The minimum absolute atomic E-state index is 0.0462. The van der Waals surface area contributed by atoms with Crippen molar-refractivity contribution in [1.82, 2.24) is 9.80 Å². The summed E-state index contributed by atoms with van der Waals surface area (Å²) >= 11 is 0. The summed E-state index contributed by atoms with van der Waals surface area (Å²) in [7, 11) is 3.35. The van der Waals surface area contributed by atoms with Gasteiger partial charge >= 0.3 is 0 Å². The molecule has 0 saturated carbocycles. The average Bonchev–Trinajstić information content (AvgIpc) is 3.13. The lowest BCUT2D eigenvalue weighted by molar-refractivity contribution is -0.138. The fraction of sp³-hybridized carbons (Fsp3) is 0.500. The first-order valence-electron chi connectivity index (χ1n) is 11.6. The second-order valence-electron chi connectivity index (χ2n) is 9.08. The fourth-order valence-corrected chi connectivity index (χ4v) is 5.11. The van der Waals surface area contributed by atoms with Gasteiger partial charge in [0.2, 0.25) is 5.91 Å². The number of ether oxygens (including phenoxy) is 2. The van der Waals surface area contributed by atoms with E-state index in [2.05, 4.69) is 4.90 Å². The monoisotopic (exact) mass is 437 g/mol. The Balaban J connectivity index is 1.27. The Kier molecular flexibility index (Phi) is 7.01. The molecule has 32 heavy (non-hydrogen) atoms. The van der Waals surface area contributed by atoms with Gasteiger partial charge in [-0.3, -0.25) is 4.79 Å². The zero-order valence-corrected chi connectivity index (χ0v) is 19.3. The highest BCUT2D eigenvalue weighted by molar-refractivity contribution is 5.85. The summed E-state index contributed by atoms with van der Waals surface area (Å²) in [5, 5.41) is 0. The van der Waals surface area contributed by atoms with Crippen molar-refractivity contribution in [2.45, 2.75) is 38.3 Å². The van der Waals surface area contributed by atoms with E-state index in [1.807, 2.05) is 53.4 Å². The third-order valence-electron chi connectivity index (χ3n) is 7.24. The quantitative estimate of drug-likeness (QED) is 0.683. The van der Waals surface area contributed by atoms with Crippen molar-refractivity contribution >= 4 is 5.91 Å². The molecular weight excluding hydrogens is 402 g/mol. The number of carbonyl (C=O) groups excluding carboxylic acids is 1. The number of methoxy groups -OCH3 is 2. The van der Waals surface area contributed by atoms with E-state index in [-0.39, 0.29) is 11.5 Å². The standard InChI is InChI=1S/C26H35N3O3/c1-31-21-9-7-20(8-10-21)19-29-18-14-26(25(29)30)12-16-28(17-13-26)15-11-23(27)22-5-3-4-6-24(22)32-2/h3-10,23H,11-19,27H2,1-2H3. The van der Waals surface area contributed by atoms with Crippen LogP contribution in [0, 0.1) is 5.41 Å². The third kappa shape index (κ3) is 4.76. The van der Waals surface area contributed by atoms with Crippen LogP contribution in [-0.2, 0) is 11.3 Å². The molecule has 0 radical (unpaired) electrons. The van der Waals surface area contributed by atoms with Crippen LogP contribution < -0.4 is 15.2 Å². The van der Waals surface area contributed by atoms with Crippen molar-refractivity contribution in [3.05, 3.63) is 59.7 Å². The second kappa shape index (κ2) is 9.92. The number of piperidine rings is 1. The normalized spacial score (nSPS) is 19.3. The van der Waals surface area contributed by atoms with Crippen LogP contribution in [0.5, 0.6) is 11.5 Å². The van der Waals surface area contributed by atoms with Crippen molar-refractivity contribution < 1.29 is 14.3 Å². The summed E-state index contributed by atoms with van der Waals surface area (Å²) in [5.41, 5.74) is 8.50. The predicted octanol–water partition coefficient (Wildman–Crippen LogP) is 3.61. The van der Waals surface area contributed by atoms with Gasteiger partial charge in [0, 0.05) is 24.7 Å². The number of nitrogens with two attached hydrogens (primary N) is 1. The molecule has 2 aromatic carbocycles. The van der Waals surface area contributed by atoms with Gasteiger partial charge < -0.3 is 25.0 Å². The molecule has 2 heterocycles. The van der Waals surface area contributed by atoms with Crippen LogP contribution in [0.15, 0.2) is 48.5 Å². The number of likely N-dealkylation sites (tertiary alicyclic amines) is 2. The Labute approximate surface area is 191 Å². The highest BCUT2D eigenvalue weighted by Crippen LogP contribution is 2.42. The van der Waals surface area contributed by atoms with E-state index in [1.54, 1.807) is 14.2 Å². The summed E-state index contributed by atoms with van der Waals surface area (Å²) in [5.74, 6) is 2.03. The van der Waals surface area contributed by atoms with E-state index in [0.717, 1.165) is 74.5 Å². The zero-order valence-electron chi connectivity index (χ0n) is 19.3. The first-order chi connectivity index (χ1) is 15.5. The van der Waals surface area contributed by atoms with Crippen LogP contribution in [0.25, 0.3) is 0 Å². The Morgan fingerprint density at radius 3 is 2.34 bits per heavy atom. The summed E-state index contributed by atoms with van der Waals surface area (Å²) in [6, 6.07) is 15.9. The van der Waals surface area contributed by atoms with Gasteiger partial charge in [0.15, 0.2) is 0 Å². The van der Waals surface area contributed by atoms with Crippen molar-refractivity contribution in [1.29, 1.82) is 0 Å². The molecule has 0 aliphatic carbocycles. The Hall–Kier alpha value is -2.57. The molecule has 1 atom stereocenters. The Bertz CT molecular complexity index is 907. The molecule has 0 aromatic heterocycles. The second-order valence-corrected chi connectivity index (χ2v) is 9.08. The molecule has 1 amide bonds. The molecule has 1 unspecified atom stereocenters. The Morgan fingerprint density at radius 1 is 0.969 bits per heavy atom. The van der Waals surface area contributed by atoms with Gasteiger partial charge in [-0.25, -0.2) is 0 Å². The molecule has 0 bridgehead atoms. The van der Waals surface area contributed by atoms with Crippen LogP contribution in [0.3, 0.4) is 0 Å². The van der Waals surface area contributed by atoms with E-state index >= 15 is 0 Å². The fourth-order valence-electron chi connectivity index (χ4n) is 5.11. The van der Waals surface area contributed by atoms with Gasteiger partial charge in [0.05, 0.1) is 19.6 Å². The smallest absolute Gasteiger partial charge is 0.229 e. The van der Waals surface area contributed by atoms with Crippen molar-refractivity contribution in [2.75, 3.05) is 40.4 Å². The predicted molar refractivity (Wildman–Crippen MR) is 126 cm³/mol. The number of benzene rings is 2. The van der Waals surface area contributed by atoms with E-state index in [9.17, 15) is 4.79 Å². The van der Waals surface area contributed by atoms with E-state index in [0.29, 0.717) is 12.5 Å². The molecule has 172 valence electrons. The van der Waals surface area contributed by atoms with Gasteiger partial charge in [-0.1, -0.05) is 30.3 Å². The highest BCUT2D eigenvalue weighted by atomic mass is 16.5. The molecule has 2 N–H and O–H groups in total. The number of para-hydroxylation sites is 1. The number of rotatable bonds is 8. The zero-order chi connectivity index (χ0) is 22.6. The molecule has 2 saturated heterocycles. The molecular formula is C26H35N3O3. The highest BCUT2D eigenvalue weighted by Gasteiger charge is 2.47. The molecule has 2 aliphatic rings. The number of nitrogens with zero attached hydrogens (tertiary/aromatic N) is 2. The summed E-state index contributed by atoms with van der Waals surface area (Å²) in [6.45, 7) is 4.40. The van der Waals surface area contributed by atoms with Crippen LogP contribution in [0.1, 0.15) is 42.9 Å². The van der Waals surface area contributed by atoms with Crippen LogP contribution in [0.2, 0.25) is 0 Å². The van der Waals surface area contributed by atoms with Crippen LogP contribution in [0.4, 0.5) is 0 Å². The number of hydrogen-bond donors (Lipinski definition) is 1. The number of amides is 1. The van der Waals surface area contributed by atoms with Gasteiger partial charge in [-0.15, -0.1) is 0 Å². The first kappa shape index (κ1) is 22.6. The molecule has 4 rings (SSSR count). The lowest BCUT2D eigenvalue weighted by atomic mass is 9.77. The largest absolute Gasteiger partial charge is 0.497 e. The van der Waals surface area contributed by atoms with Gasteiger partial charge in [-0.05, 0) is 69.1 Å². The average molecular weight is 438 g/mol. The number of hydrogen-bond acceptors (Lipinski definition) is 5. The Morgan fingerprint density at radius 2 is 1.66 bits per heavy atom. The van der Waals surface area contributed by atoms with E-state index < -0.39 is 0 Å². The lowest BCUT2D eigenvalue weighted by Crippen LogP contribution is -2.45. The molecule has 2 fully saturated rings. The van der Waals surface area contributed by atoms with Crippen LogP contribution in [-0.4, -0.2) is 56.1 Å². The molecule has 6 nitrogen and oxygen atoms in total. The summed E-state index contributed by atoms with van der Waals surface area (Å²) in [4.78, 5) is 17.8. The molecule has 2 aliphatic heterocycles. The molecule has 2 aromatic rings. The minimum Gasteiger partial charge on any atom is -0.497 e. The van der Waals surface area contributed by atoms with Crippen LogP contribution >= 0.6 is 0 Å².